The van der Waals surface area contributed by atoms with Gasteiger partial charge in [0.1, 0.15) is 5.60 Å². The van der Waals surface area contributed by atoms with Crippen molar-refractivity contribution < 1.29 is 14.6 Å². The van der Waals surface area contributed by atoms with E-state index in [2.05, 4.69) is 5.32 Å². The molecule has 2 rings (SSSR count). The van der Waals surface area contributed by atoms with Gasteiger partial charge in [-0.1, -0.05) is 0 Å². The number of carbonyl (C=O) groups is 1. The molecule has 0 heterocycles. The molecule has 92 valence electrons. The maximum absolute atomic E-state index is 11.6. The summed E-state index contributed by atoms with van der Waals surface area (Å²) < 4.78 is 5.25. The van der Waals surface area contributed by atoms with Gasteiger partial charge in [-0.15, -0.1) is 0 Å². The Balaban J connectivity index is 1.86. The minimum absolute atomic E-state index is 0.0575. The van der Waals surface area contributed by atoms with E-state index in [1.807, 2.05) is 20.8 Å². The number of aliphatic hydroxyl groups is 1. The van der Waals surface area contributed by atoms with E-state index in [-0.39, 0.29) is 23.7 Å². The molecular formula is C12H21NO3. The molecule has 2 N–H and O–H groups in total. The molecule has 0 aromatic carbocycles. The van der Waals surface area contributed by atoms with Crippen LogP contribution in [0.3, 0.4) is 0 Å². The van der Waals surface area contributed by atoms with Crippen LogP contribution in [-0.2, 0) is 4.74 Å². The Morgan fingerprint density at radius 2 is 2.12 bits per heavy atom. The summed E-state index contributed by atoms with van der Waals surface area (Å²) in [7, 11) is 0. The Morgan fingerprint density at radius 1 is 1.44 bits per heavy atom. The van der Waals surface area contributed by atoms with Gasteiger partial charge in [-0.3, -0.25) is 0 Å². The minimum Gasteiger partial charge on any atom is -0.444 e. The lowest BCUT2D eigenvalue weighted by Crippen LogP contribution is -2.49. The smallest absolute Gasteiger partial charge is 0.408 e. The van der Waals surface area contributed by atoms with Gasteiger partial charge in [0, 0.05) is 12.1 Å². The van der Waals surface area contributed by atoms with Crippen LogP contribution >= 0.6 is 0 Å². The van der Waals surface area contributed by atoms with Crippen molar-refractivity contribution in [1.29, 1.82) is 0 Å². The molecule has 0 radical (unpaired) electrons. The van der Waals surface area contributed by atoms with E-state index in [1.54, 1.807) is 0 Å². The number of carbonyl (C=O) groups excluding carboxylic acids is 1. The molecule has 2 aliphatic rings. The van der Waals surface area contributed by atoms with E-state index in [0.29, 0.717) is 0 Å². The SMILES string of the molecule is CC(C)(C)OC(=O)NC12CCC1(CCO)C2. The minimum atomic E-state index is -0.445. The number of alkyl carbamates (subject to hydrolysis) is 1. The van der Waals surface area contributed by atoms with Gasteiger partial charge >= 0.3 is 6.09 Å². The summed E-state index contributed by atoms with van der Waals surface area (Å²) in [6.07, 6.45) is 3.60. The van der Waals surface area contributed by atoms with Crippen LogP contribution in [0.4, 0.5) is 4.79 Å². The molecule has 4 nitrogen and oxygen atoms in total. The standard InChI is InChI=1S/C12H21NO3/c1-10(2,3)16-9(15)13-12-5-4-11(12,8-12)6-7-14/h14H,4-8H2,1-3H3,(H,13,15). The average Bonchev–Trinajstić information content (AvgIpc) is 2.50. The Morgan fingerprint density at radius 3 is 2.56 bits per heavy atom. The normalized spacial score (nSPS) is 36.0. The molecule has 2 saturated carbocycles. The highest BCUT2D eigenvalue weighted by atomic mass is 16.6. The van der Waals surface area contributed by atoms with E-state index in [4.69, 9.17) is 9.84 Å². The van der Waals surface area contributed by atoms with Gasteiger partial charge in [0.2, 0.25) is 0 Å². The maximum Gasteiger partial charge on any atom is 0.408 e. The number of nitrogens with one attached hydrogen (secondary N) is 1. The van der Waals surface area contributed by atoms with Crippen molar-refractivity contribution in [3.8, 4) is 0 Å². The highest BCUT2D eigenvalue weighted by molar-refractivity contribution is 5.70. The van der Waals surface area contributed by atoms with Gasteiger partial charge in [-0.25, -0.2) is 4.79 Å². The van der Waals surface area contributed by atoms with Crippen LogP contribution in [0, 0.1) is 5.41 Å². The Hall–Kier alpha value is -0.770. The van der Waals surface area contributed by atoms with Crippen molar-refractivity contribution in [2.45, 2.75) is 57.6 Å². The first-order valence-electron chi connectivity index (χ1n) is 5.95. The number of aliphatic hydroxyl groups excluding tert-OH is 1. The fourth-order valence-corrected chi connectivity index (χ4v) is 2.90. The third-order valence-electron chi connectivity index (χ3n) is 3.89. The lowest BCUT2D eigenvalue weighted by atomic mass is 9.77. The van der Waals surface area contributed by atoms with E-state index in [0.717, 1.165) is 25.7 Å². The number of amides is 1. The predicted octanol–water partition coefficient (Wildman–Crippen LogP) is 1.82. The molecule has 0 saturated heterocycles. The second kappa shape index (κ2) is 3.36. The summed E-state index contributed by atoms with van der Waals surface area (Å²) in [5.74, 6) is 0. The fraction of sp³-hybridized carbons (Fsp3) is 0.917. The molecule has 0 spiro atoms. The second-order valence-corrected chi connectivity index (χ2v) is 6.14. The molecule has 2 fully saturated rings. The number of hydrogen-bond acceptors (Lipinski definition) is 3. The first-order valence-corrected chi connectivity index (χ1v) is 5.95. The lowest BCUT2D eigenvalue weighted by Gasteiger charge is -2.36. The van der Waals surface area contributed by atoms with Gasteiger partial charge in [0.15, 0.2) is 0 Å². The van der Waals surface area contributed by atoms with Crippen molar-refractivity contribution in [3.63, 3.8) is 0 Å². The van der Waals surface area contributed by atoms with Crippen molar-refractivity contribution in [1.82, 2.24) is 5.32 Å². The Kier molecular flexibility index (Phi) is 2.46. The largest absolute Gasteiger partial charge is 0.444 e. The first-order chi connectivity index (χ1) is 7.33. The summed E-state index contributed by atoms with van der Waals surface area (Å²) in [5, 5.41) is 12.0. The molecule has 4 heteroatoms. The fourth-order valence-electron chi connectivity index (χ4n) is 2.90. The predicted molar refractivity (Wildman–Crippen MR) is 60.1 cm³/mol. The third kappa shape index (κ3) is 1.79. The summed E-state index contributed by atoms with van der Waals surface area (Å²) in [4.78, 5) is 11.6. The van der Waals surface area contributed by atoms with Crippen molar-refractivity contribution in [2.24, 2.45) is 5.41 Å². The average molecular weight is 227 g/mol. The van der Waals surface area contributed by atoms with E-state index < -0.39 is 5.60 Å². The number of fused-ring (bicyclic) bond motifs is 1. The molecule has 2 aliphatic carbocycles. The molecule has 16 heavy (non-hydrogen) atoms. The van der Waals surface area contributed by atoms with Gasteiger partial charge in [-0.2, -0.15) is 0 Å². The van der Waals surface area contributed by atoms with Crippen molar-refractivity contribution in [2.75, 3.05) is 6.61 Å². The molecule has 2 unspecified atom stereocenters. The van der Waals surface area contributed by atoms with Crippen LogP contribution in [0.15, 0.2) is 0 Å². The maximum atomic E-state index is 11.6. The van der Waals surface area contributed by atoms with E-state index >= 15 is 0 Å². The van der Waals surface area contributed by atoms with Gasteiger partial charge in [-0.05, 0) is 51.9 Å². The zero-order chi connectivity index (χ0) is 12.0. The van der Waals surface area contributed by atoms with E-state index in [1.165, 1.54) is 0 Å². The Labute approximate surface area is 96.4 Å². The zero-order valence-electron chi connectivity index (χ0n) is 10.3. The molecule has 0 aromatic rings. The summed E-state index contributed by atoms with van der Waals surface area (Å²) >= 11 is 0. The molecular weight excluding hydrogens is 206 g/mol. The van der Waals surface area contributed by atoms with E-state index in [9.17, 15) is 4.79 Å². The lowest BCUT2D eigenvalue weighted by molar-refractivity contribution is 0.0418. The van der Waals surface area contributed by atoms with Crippen LogP contribution in [0.1, 0.15) is 46.5 Å². The highest BCUT2D eigenvalue weighted by Gasteiger charge is 2.74. The van der Waals surface area contributed by atoms with Crippen LogP contribution < -0.4 is 5.32 Å². The first kappa shape index (κ1) is 11.7. The second-order valence-electron chi connectivity index (χ2n) is 6.14. The van der Waals surface area contributed by atoms with Gasteiger partial charge < -0.3 is 15.2 Å². The third-order valence-corrected chi connectivity index (χ3v) is 3.89. The van der Waals surface area contributed by atoms with Gasteiger partial charge in [0.05, 0.1) is 0 Å². The summed E-state index contributed by atoms with van der Waals surface area (Å²) in [6, 6.07) is 0. The van der Waals surface area contributed by atoms with Crippen LogP contribution in [-0.4, -0.2) is 28.9 Å². The molecule has 2 atom stereocenters. The van der Waals surface area contributed by atoms with Crippen LogP contribution in [0.5, 0.6) is 0 Å². The van der Waals surface area contributed by atoms with Crippen LogP contribution in [0.25, 0.3) is 0 Å². The van der Waals surface area contributed by atoms with Crippen molar-refractivity contribution >= 4 is 6.09 Å². The molecule has 1 amide bonds. The molecule has 0 bridgehead atoms. The zero-order valence-corrected chi connectivity index (χ0v) is 10.3. The van der Waals surface area contributed by atoms with Crippen LogP contribution in [0.2, 0.25) is 0 Å². The van der Waals surface area contributed by atoms with Crippen molar-refractivity contribution in [3.05, 3.63) is 0 Å². The molecule has 0 aliphatic heterocycles. The molecule has 0 aromatic heterocycles. The highest BCUT2D eigenvalue weighted by Crippen LogP contribution is 2.72. The summed E-state index contributed by atoms with van der Waals surface area (Å²) in [5.41, 5.74) is -0.324. The monoisotopic (exact) mass is 227 g/mol. The quantitative estimate of drug-likeness (QED) is 0.773. The topological polar surface area (TPSA) is 58.6 Å². The number of hydrogen-bond donors (Lipinski definition) is 2. The summed E-state index contributed by atoms with van der Waals surface area (Å²) in [6.45, 7) is 5.79. The van der Waals surface area contributed by atoms with Gasteiger partial charge in [0.25, 0.3) is 0 Å². The Bertz CT molecular complexity index is 310. The number of rotatable bonds is 3. The number of ether oxygens (including phenoxy) is 1.